The molecule has 10 nitrogen and oxygen atoms in total. The van der Waals surface area contributed by atoms with Crippen LogP contribution in [0.25, 0.3) is 21.8 Å². The number of ether oxygens (including phenoxy) is 3. The number of thiophene rings is 1. The van der Waals surface area contributed by atoms with Crippen LogP contribution in [0.3, 0.4) is 0 Å². The molecular weight excluding hydrogens is 649 g/mol. The van der Waals surface area contributed by atoms with Crippen LogP contribution in [0.4, 0.5) is 10.0 Å². The van der Waals surface area contributed by atoms with Crippen LogP contribution in [-0.4, -0.2) is 59.5 Å². The topological polar surface area (TPSA) is 95.4 Å². The Labute approximate surface area is 301 Å². The average Bonchev–Trinajstić information content (AvgIpc) is 3.81. The van der Waals surface area contributed by atoms with Gasteiger partial charge in [0.05, 0.1) is 30.9 Å². The molecular formula is C39H52N6O4S. The van der Waals surface area contributed by atoms with E-state index in [0.717, 1.165) is 43.8 Å². The Bertz CT molecular complexity index is 1720. The molecule has 0 spiro atoms. The van der Waals surface area contributed by atoms with Crippen molar-refractivity contribution < 1.29 is 19.0 Å². The summed E-state index contributed by atoms with van der Waals surface area (Å²) >= 11 is 1.53. The summed E-state index contributed by atoms with van der Waals surface area (Å²) in [5.74, 6) is 2.48. The van der Waals surface area contributed by atoms with Crippen molar-refractivity contribution in [3.8, 4) is 22.9 Å². The number of rotatable bonds is 16. The lowest BCUT2D eigenvalue weighted by Crippen LogP contribution is -2.37. The number of benzene rings is 1. The van der Waals surface area contributed by atoms with Crippen molar-refractivity contribution >= 4 is 38.7 Å². The maximum absolute atomic E-state index is 14.1. The van der Waals surface area contributed by atoms with E-state index < -0.39 is 5.97 Å². The normalized spacial score (nSPS) is 20.9. The van der Waals surface area contributed by atoms with Crippen LogP contribution in [0.5, 0.6) is 11.5 Å². The highest BCUT2D eigenvalue weighted by atomic mass is 32.1. The van der Waals surface area contributed by atoms with Gasteiger partial charge in [0.2, 0.25) is 5.70 Å². The van der Waals surface area contributed by atoms with Crippen molar-refractivity contribution in [1.29, 1.82) is 0 Å². The summed E-state index contributed by atoms with van der Waals surface area (Å²) in [4.78, 5) is 30.0. The maximum atomic E-state index is 14.1. The number of hydrogen-bond acceptors (Lipinski definition) is 9. The predicted octanol–water partition coefficient (Wildman–Crippen LogP) is 9.44. The Hall–Kier alpha value is -4.17. The van der Waals surface area contributed by atoms with Gasteiger partial charge in [0.25, 0.3) is 0 Å². The van der Waals surface area contributed by atoms with Gasteiger partial charge < -0.3 is 19.1 Å². The zero-order chi connectivity index (χ0) is 35.8. The lowest BCUT2D eigenvalue weighted by atomic mass is 9.75. The summed E-state index contributed by atoms with van der Waals surface area (Å²) < 4.78 is 19.6. The minimum absolute atomic E-state index is 0.0850. The first-order chi connectivity index (χ1) is 24.2. The molecule has 268 valence electrons. The number of fused-ring (bicyclic) bond motifs is 1. The SMILES string of the molecule is [C-]#[N+]C1=C(C(=O)OC2C(C)CC(C)CC2C)c2nc(-c3cc(OCCCCCCCC)ccc3OC)nn2C1=Nc1ccc(N(CC)CC)s1. The first-order valence-electron chi connectivity index (χ1n) is 18.3. The van der Waals surface area contributed by atoms with Crippen molar-refractivity contribution in [3.63, 3.8) is 0 Å². The van der Waals surface area contributed by atoms with Gasteiger partial charge in [0.1, 0.15) is 28.2 Å². The molecule has 0 bridgehead atoms. The molecule has 5 rings (SSSR count). The molecule has 0 amide bonds. The molecule has 1 aromatic carbocycles. The second kappa shape index (κ2) is 17.2. The smallest absolute Gasteiger partial charge is 0.331 e. The van der Waals surface area contributed by atoms with Crippen LogP contribution in [0, 0.1) is 24.3 Å². The molecule has 3 heterocycles. The quantitative estimate of drug-likeness (QED) is 0.0835. The minimum Gasteiger partial charge on any atom is -0.496 e. The van der Waals surface area contributed by atoms with E-state index in [4.69, 9.17) is 35.9 Å². The van der Waals surface area contributed by atoms with E-state index in [0.29, 0.717) is 40.4 Å². The maximum Gasteiger partial charge on any atom is 0.331 e. The minimum atomic E-state index is -0.572. The molecule has 1 fully saturated rings. The van der Waals surface area contributed by atoms with E-state index in [1.807, 2.05) is 30.3 Å². The van der Waals surface area contributed by atoms with Gasteiger partial charge in [-0.1, -0.05) is 71.1 Å². The number of methoxy groups -OCH3 is 1. The van der Waals surface area contributed by atoms with E-state index >= 15 is 0 Å². The van der Waals surface area contributed by atoms with Crippen LogP contribution in [0.2, 0.25) is 0 Å². The molecule has 0 N–H and O–H groups in total. The molecule has 2 aromatic heterocycles. The number of anilines is 1. The fraction of sp³-hybridized carbons (Fsp3) is 0.564. The Kier molecular flexibility index (Phi) is 12.7. The second-order valence-corrected chi connectivity index (χ2v) is 14.6. The zero-order valence-electron chi connectivity index (χ0n) is 30.7. The Balaban J connectivity index is 1.52. The van der Waals surface area contributed by atoms with Crippen LogP contribution >= 0.6 is 11.3 Å². The highest BCUT2D eigenvalue weighted by Gasteiger charge is 2.41. The van der Waals surface area contributed by atoms with Gasteiger partial charge in [-0.25, -0.2) is 24.3 Å². The number of nitrogens with zero attached hydrogens (tertiary/aromatic N) is 6. The molecule has 50 heavy (non-hydrogen) atoms. The van der Waals surface area contributed by atoms with Gasteiger partial charge in [-0.15, -0.1) is 5.10 Å². The first-order valence-corrected chi connectivity index (χ1v) is 19.1. The third kappa shape index (κ3) is 8.23. The Morgan fingerprint density at radius 2 is 1.76 bits per heavy atom. The Morgan fingerprint density at radius 3 is 2.44 bits per heavy atom. The zero-order valence-corrected chi connectivity index (χ0v) is 31.5. The molecule has 0 saturated heterocycles. The van der Waals surface area contributed by atoms with Gasteiger partial charge in [-0.05, 0) is 81.2 Å². The van der Waals surface area contributed by atoms with Crippen molar-refractivity contribution in [2.75, 3.05) is 31.7 Å². The first kappa shape index (κ1) is 37.1. The lowest BCUT2D eigenvalue weighted by Gasteiger charge is -2.37. The fourth-order valence-electron chi connectivity index (χ4n) is 7.27. The summed E-state index contributed by atoms with van der Waals surface area (Å²) in [5, 5.41) is 6.64. The summed E-state index contributed by atoms with van der Waals surface area (Å²) in [6.07, 6.45) is 8.78. The van der Waals surface area contributed by atoms with Gasteiger partial charge in [-0.2, -0.15) is 0 Å². The third-order valence-electron chi connectivity index (χ3n) is 9.76. The second-order valence-electron chi connectivity index (χ2n) is 13.6. The van der Waals surface area contributed by atoms with Crippen LogP contribution < -0.4 is 14.4 Å². The molecule has 11 heteroatoms. The van der Waals surface area contributed by atoms with Crippen molar-refractivity contribution in [1.82, 2.24) is 14.8 Å². The number of allylic oxidation sites excluding steroid dienone is 1. The number of aromatic nitrogens is 3. The molecule has 1 aliphatic heterocycles. The standard InChI is InChI=1S/C39H52N6O4S/c1-9-12-13-14-15-16-21-48-28-17-18-30(47-8)29(24-28)36-42-37-33(39(46)49-35-26(5)22-25(4)23-27(35)6)34(40-7)38(45(37)43-36)41-31-19-20-32(50-31)44(10-2)11-3/h17-20,24-27,35H,9-16,21-23H2,1-6,8H3. The predicted molar refractivity (Wildman–Crippen MR) is 201 cm³/mol. The van der Waals surface area contributed by atoms with E-state index in [2.05, 4.69) is 51.3 Å². The highest BCUT2D eigenvalue weighted by molar-refractivity contribution is 7.19. The van der Waals surface area contributed by atoms with Gasteiger partial charge in [0, 0.05) is 13.1 Å². The number of carbonyl (C=O) groups excluding carboxylic acids is 1. The van der Waals surface area contributed by atoms with Crippen molar-refractivity contribution in [2.45, 2.75) is 99.0 Å². The largest absolute Gasteiger partial charge is 0.496 e. The van der Waals surface area contributed by atoms with Crippen molar-refractivity contribution in [2.24, 2.45) is 22.7 Å². The van der Waals surface area contributed by atoms with E-state index in [1.165, 1.54) is 41.7 Å². The summed E-state index contributed by atoms with van der Waals surface area (Å²) in [6.45, 7) is 23.5. The third-order valence-corrected chi connectivity index (χ3v) is 10.8. The highest BCUT2D eigenvalue weighted by Crippen LogP contribution is 2.40. The molecule has 1 aliphatic carbocycles. The number of esters is 1. The molecule has 0 radical (unpaired) electrons. The number of hydrogen-bond donors (Lipinski definition) is 0. The van der Waals surface area contributed by atoms with E-state index in [9.17, 15) is 4.79 Å². The van der Waals surface area contributed by atoms with Gasteiger partial charge in [-0.3, -0.25) is 0 Å². The van der Waals surface area contributed by atoms with Gasteiger partial charge in [0.15, 0.2) is 17.5 Å². The average molecular weight is 701 g/mol. The molecule has 2 atom stereocenters. The molecule has 1 saturated carbocycles. The summed E-state index contributed by atoms with van der Waals surface area (Å²) in [6, 6.07) is 9.56. The monoisotopic (exact) mass is 700 g/mol. The lowest BCUT2D eigenvalue weighted by molar-refractivity contribution is -0.150. The van der Waals surface area contributed by atoms with Crippen LogP contribution in [-0.2, 0) is 9.53 Å². The number of carbonyl (C=O) groups is 1. The molecule has 3 aromatic rings. The van der Waals surface area contributed by atoms with Crippen molar-refractivity contribution in [3.05, 3.63) is 53.3 Å². The number of aliphatic imine (C=N–C) groups is 1. The fourth-order valence-corrected chi connectivity index (χ4v) is 8.27. The Morgan fingerprint density at radius 1 is 1.04 bits per heavy atom. The van der Waals surface area contributed by atoms with Crippen LogP contribution in [0.1, 0.15) is 98.7 Å². The molecule has 2 unspecified atom stereocenters. The van der Waals surface area contributed by atoms with E-state index in [1.54, 1.807) is 7.11 Å². The summed E-state index contributed by atoms with van der Waals surface area (Å²) in [5.41, 5.74) is 0.794. The summed E-state index contributed by atoms with van der Waals surface area (Å²) in [7, 11) is 1.60. The van der Waals surface area contributed by atoms with Crippen LogP contribution in [0.15, 0.2) is 41.0 Å². The number of unbranched alkanes of at least 4 members (excludes halogenated alkanes) is 5. The van der Waals surface area contributed by atoms with Gasteiger partial charge >= 0.3 is 5.97 Å². The molecule has 2 aliphatic rings. The van der Waals surface area contributed by atoms with E-state index in [-0.39, 0.29) is 40.9 Å².